The fraction of sp³-hybridized carbons (Fsp3) is 0.385. The number of nitrogens with zero attached hydrogens (tertiary/aromatic N) is 3. The van der Waals surface area contributed by atoms with E-state index in [-0.39, 0.29) is 25.1 Å². The summed E-state index contributed by atoms with van der Waals surface area (Å²) in [5.74, 6) is -0.970. The molecule has 11 heteroatoms. The summed E-state index contributed by atoms with van der Waals surface area (Å²) in [6, 6.07) is 6.93. The molecule has 0 amide bonds. The lowest BCUT2D eigenvalue weighted by Gasteiger charge is -2.26. The maximum absolute atomic E-state index is 13.5. The fourth-order valence-electron chi connectivity index (χ4n) is 3.59. The summed E-state index contributed by atoms with van der Waals surface area (Å²) in [6.07, 6.45) is 6.39. The topological polar surface area (TPSA) is 130 Å². The molecule has 1 heterocycles. The molecule has 0 saturated heterocycles. The first kappa shape index (κ1) is 27.8. The third-order valence-corrected chi connectivity index (χ3v) is 6.30. The second-order valence-corrected chi connectivity index (χ2v) is 9.33. The van der Waals surface area contributed by atoms with Gasteiger partial charge in [0.15, 0.2) is 5.88 Å². The molecule has 1 aliphatic carbocycles. The van der Waals surface area contributed by atoms with E-state index in [0.29, 0.717) is 22.2 Å². The summed E-state index contributed by atoms with van der Waals surface area (Å²) in [4.78, 5) is 42.3. The van der Waals surface area contributed by atoms with Gasteiger partial charge in [-0.25, -0.2) is 14.2 Å². The Balaban J connectivity index is 2.01. The molecule has 0 bridgehead atoms. The van der Waals surface area contributed by atoms with Crippen LogP contribution in [-0.4, -0.2) is 33.3 Å². The van der Waals surface area contributed by atoms with Crippen molar-refractivity contribution in [2.75, 3.05) is 12.4 Å². The Bertz CT molecular complexity index is 1320. The molecule has 1 atom stereocenters. The van der Waals surface area contributed by atoms with Gasteiger partial charge < -0.3 is 20.5 Å². The number of hydrogen-bond acceptors (Lipinski definition) is 8. The Labute approximate surface area is 220 Å². The van der Waals surface area contributed by atoms with Crippen LogP contribution in [-0.2, 0) is 27.4 Å². The molecule has 1 aromatic carbocycles. The Kier molecular flexibility index (Phi) is 9.35. The Morgan fingerprint density at radius 1 is 1.30 bits per heavy atom. The predicted octanol–water partition coefficient (Wildman–Crippen LogP) is 3.16. The molecule has 1 aromatic heterocycles. The van der Waals surface area contributed by atoms with E-state index in [2.05, 4.69) is 16.9 Å². The molecule has 1 aliphatic rings. The molecule has 1 saturated carbocycles. The van der Waals surface area contributed by atoms with Crippen molar-refractivity contribution < 1.29 is 14.3 Å². The number of nitrogens with two attached hydrogens (primary N) is 1. The van der Waals surface area contributed by atoms with Gasteiger partial charge in [-0.15, -0.1) is 0 Å². The van der Waals surface area contributed by atoms with Gasteiger partial charge >= 0.3 is 17.3 Å². The van der Waals surface area contributed by atoms with Crippen molar-refractivity contribution in [1.82, 2.24) is 14.1 Å². The number of esters is 1. The van der Waals surface area contributed by atoms with Crippen LogP contribution in [0, 0.1) is 5.92 Å². The zero-order valence-corrected chi connectivity index (χ0v) is 22.0. The lowest BCUT2D eigenvalue weighted by atomic mass is 9.96. The van der Waals surface area contributed by atoms with E-state index in [1.54, 1.807) is 44.2 Å². The fourth-order valence-corrected chi connectivity index (χ4v) is 3.71. The van der Waals surface area contributed by atoms with Crippen molar-refractivity contribution in [3.63, 3.8) is 0 Å². The summed E-state index contributed by atoms with van der Waals surface area (Å²) in [6.45, 7) is 7.08. The van der Waals surface area contributed by atoms with Gasteiger partial charge in [0.25, 0.3) is 0 Å². The SMILES string of the molecule is C=C/C(=C\C(C)=C(/N)OC1CCC1)Nc1nc(=O)n(CC(C)C(=O)OC)c(=O)n1Cc1ccc(Cl)cc1. The number of carbonyl (C=O) groups is 1. The minimum atomic E-state index is -0.806. The molecule has 0 radical (unpaired) electrons. The molecule has 3 rings (SSSR count). The zero-order chi connectivity index (χ0) is 27.1. The van der Waals surface area contributed by atoms with Crippen molar-refractivity contribution in [2.45, 2.75) is 52.3 Å². The molecule has 3 N–H and O–H groups in total. The highest BCUT2D eigenvalue weighted by Gasteiger charge is 2.21. The standard InChI is InChI=1S/C26H32ClN5O5/c1-5-20(13-16(2)22(28)37-21-7-6-8-21)29-24-30-25(34)32(14-17(3)23(33)36-4)26(35)31(24)15-18-9-11-19(27)12-10-18/h5,9-13,17,21H,1,6-8,14-15,28H2,2-4H3,(H,29,30,34)/b20-13+,22-16+. The molecule has 198 valence electrons. The molecule has 0 aliphatic heterocycles. The largest absolute Gasteiger partial charge is 0.476 e. The molecule has 1 unspecified atom stereocenters. The summed E-state index contributed by atoms with van der Waals surface area (Å²) >= 11 is 6.00. The highest BCUT2D eigenvalue weighted by Crippen LogP contribution is 2.24. The number of halogens is 1. The zero-order valence-electron chi connectivity index (χ0n) is 21.2. The average Bonchev–Trinajstić information content (AvgIpc) is 2.85. The van der Waals surface area contributed by atoms with E-state index < -0.39 is 23.3 Å². The predicted molar refractivity (Wildman–Crippen MR) is 142 cm³/mol. The van der Waals surface area contributed by atoms with Gasteiger partial charge in [0.2, 0.25) is 5.95 Å². The first-order chi connectivity index (χ1) is 17.6. The monoisotopic (exact) mass is 529 g/mol. The van der Waals surface area contributed by atoms with Crippen LogP contribution in [0.2, 0.25) is 5.02 Å². The number of nitrogens with one attached hydrogen (secondary N) is 1. The van der Waals surface area contributed by atoms with Gasteiger partial charge in [-0.05, 0) is 56.0 Å². The molecule has 10 nitrogen and oxygen atoms in total. The van der Waals surface area contributed by atoms with Crippen LogP contribution >= 0.6 is 11.6 Å². The molecular weight excluding hydrogens is 498 g/mol. The van der Waals surface area contributed by atoms with Crippen LogP contribution in [0.5, 0.6) is 0 Å². The number of allylic oxidation sites excluding steroid dienone is 3. The van der Waals surface area contributed by atoms with Crippen molar-refractivity contribution in [2.24, 2.45) is 11.7 Å². The summed E-state index contributed by atoms with van der Waals surface area (Å²) < 4.78 is 12.7. The molecule has 37 heavy (non-hydrogen) atoms. The quantitative estimate of drug-likeness (QED) is 0.258. The minimum absolute atomic E-state index is 0.00403. The number of methoxy groups -OCH3 is 1. The third-order valence-electron chi connectivity index (χ3n) is 6.05. The van der Waals surface area contributed by atoms with Crippen LogP contribution in [0.15, 0.2) is 69.7 Å². The molecule has 0 spiro atoms. The van der Waals surface area contributed by atoms with E-state index >= 15 is 0 Å². The lowest BCUT2D eigenvalue weighted by molar-refractivity contribution is -0.145. The number of anilines is 1. The van der Waals surface area contributed by atoms with Gasteiger partial charge in [-0.1, -0.05) is 37.2 Å². The van der Waals surface area contributed by atoms with Crippen LogP contribution in [0.1, 0.15) is 38.7 Å². The van der Waals surface area contributed by atoms with Crippen molar-refractivity contribution in [3.8, 4) is 0 Å². The molecule has 1 fully saturated rings. The van der Waals surface area contributed by atoms with E-state index in [0.717, 1.165) is 29.4 Å². The van der Waals surface area contributed by atoms with E-state index in [9.17, 15) is 14.4 Å². The van der Waals surface area contributed by atoms with Crippen molar-refractivity contribution in [3.05, 3.63) is 91.7 Å². The number of aromatic nitrogens is 3. The van der Waals surface area contributed by atoms with Crippen molar-refractivity contribution >= 4 is 23.5 Å². The van der Waals surface area contributed by atoms with E-state index in [1.165, 1.54) is 17.8 Å². The summed E-state index contributed by atoms with van der Waals surface area (Å²) in [5.41, 5.74) is 6.51. The highest BCUT2D eigenvalue weighted by atomic mass is 35.5. The van der Waals surface area contributed by atoms with Gasteiger partial charge in [-0.2, -0.15) is 4.98 Å². The maximum Gasteiger partial charge on any atom is 0.354 e. The van der Waals surface area contributed by atoms with Crippen LogP contribution in [0.3, 0.4) is 0 Å². The molecular formula is C26H32ClN5O5. The first-order valence-corrected chi connectivity index (χ1v) is 12.3. The van der Waals surface area contributed by atoms with Gasteiger partial charge in [0.05, 0.1) is 19.6 Å². The Hall–Kier alpha value is -3.79. The molecule has 2 aromatic rings. The summed E-state index contributed by atoms with van der Waals surface area (Å²) in [7, 11) is 1.25. The van der Waals surface area contributed by atoms with Crippen LogP contribution in [0.25, 0.3) is 0 Å². The maximum atomic E-state index is 13.5. The normalized spacial score (nSPS) is 15.3. The second-order valence-electron chi connectivity index (χ2n) is 8.89. The van der Waals surface area contributed by atoms with Crippen molar-refractivity contribution in [1.29, 1.82) is 0 Å². The number of rotatable bonds is 11. The number of benzene rings is 1. The number of carbonyl (C=O) groups excluding carboxylic acids is 1. The smallest absolute Gasteiger partial charge is 0.354 e. The van der Waals surface area contributed by atoms with Gasteiger partial charge in [0.1, 0.15) is 6.10 Å². The second kappa shape index (κ2) is 12.4. The number of hydrogen-bond donors (Lipinski definition) is 2. The van der Waals surface area contributed by atoms with Crippen LogP contribution in [0.4, 0.5) is 5.95 Å². The van der Waals surface area contributed by atoms with Gasteiger partial charge in [-0.3, -0.25) is 9.36 Å². The highest BCUT2D eigenvalue weighted by molar-refractivity contribution is 6.30. The summed E-state index contributed by atoms with van der Waals surface area (Å²) in [5, 5.41) is 3.56. The third kappa shape index (κ3) is 7.13. The number of ether oxygens (including phenoxy) is 2. The first-order valence-electron chi connectivity index (χ1n) is 11.9. The Morgan fingerprint density at radius 2 is 1.97 bits per heavy atom. The lowest BCUT2D eigenvalue weighted by Crippen LogP contribution is -2.44. The van der Waals surface area contributed by atoms with E-state index in [4.69, 9.17) is 26.8 Å². The van der Waals surface area contributed by atoms with Crippen LogP contribution < -0.4 is 22.4 Å². The minimum Gasteiger partial charge on any atom is -0.476 e. The van der Waals surface area contributed by atoms with E-state index in [1.807, 2.05) is 0 Å². The average molecular weight is 530 g/mol. The Morgan fingerprint density at radius 3 is 2.54 bits per heavy atom. The van der Waals surface area contributed by atoms with Gasteiger partial charge in [0, 0.05) is 22.8 Å².